The van der Waals surface area contributed by atoms with E-state index < -0.39 is 5.82 Å². The number of nitrogens with one attached hydrogen (secondary N) is 1. The summed E-state index contributed by atoms with van der Waals surface area (Å²) in [6.07, 6.45) is 0. The summed E-state index contributed by atoms with van der Waals surface area (Å²) in [5.74, 6) is -0.782. The molecule has 0 aliphatic rings. The Kier molecular flexibility index (Phi) is 3.91. The maximum atomic E-state index is 12.7. The average Bonchev–Trinajstić information content (AvgIpc) is 2.17. The molecule has 0 aromatic heterocycles. The van der Waals surface area contributed by atoms with Gasteiger partial charge in [0.2, 0.25) is 0 Å². The van der Waals surface area contributed by atoms with Gasteiger partial charge < -0.3 is 15.8 Å². The number of ether oxygens (including phenoxy) is 1. The lowest BCUT2D eigenvalue weighted by atomic mass is 10.2. The summed E-state index contributed by atoms with van der Waals surface area (Å²) in [6, 6.07) is 3.93. The van der Waals surface area contributed by atoms with E-state index >= 15 is 0 Å². The molecule has 15 heavy (non-hydrogen) atoms. The fourth-order valence-electron chi connectivity index (χ4n) is 1.07. The van der Waals surface area contributed by atoms with E-state index in [1.54, 1.807) is 6.92 Å². The van der Waals surface area contributed by atoms with Crippen LogP contribution in [0.4, 0.5) is 15.8 Å². The fourth-order valence-corrected chi connectivity index (χ4v) is 1.07. The molecule has 0 bridgehead atoms. The van der Waals surface area contributed by atoms with Crippen LogP contribution in [0.15, 0.2) is 18.2 Å². The molecule has 0 amide bonds. The molecule has 0 aliphatic carbocycles. The molecule has 0 unspecified atom stereocenters. The molecule has 0 saturated carbocycles. The number of nitrogen functional groups attached to an aromatic ring is 1. The Balaban J connectivity index is 2.54. The van der Waals surface area contributed by atoms with E-state index in [4.69, 9.17) is 10.5 Å². The second-order valence-electron chi connectivity index (χ2n) is 2.89. The Labute approximate surface area is 87.2 Å². The highest BCUT2D eigenvalue weighted by Gasteiger charge is 2.04. The van der Waals surface area contributed by atoms with E-state index in [1.165, 1.54) is 18.2 Å². The predicted molar refractivity (Wildman–Crippen MR) is 55.9 cm³/mol. The summed E-state index contributed by atoms with van der Waals surface area (Å²) < 4.78 is 17.4. The quantitative estimate of drug-likeness (QED) is 0.584. The highest BCUT2D eigenvalue weighted by molar-refractivity contribution is 5.77. The molecular formula is C10H13FN2O2. The Bertz CT molecular complexity index is 355. The number of hydrogen-bond donors (Lipinski definition) is 2. The van der Waals surface area contributed by atoms with Crippen molar-refractivity contribution in [2.75, 3.05) is 24.2 Å². The molecule has 0 spiro atoms. The van der Waals surface area contributed by atoms with Crippen molar-refractivity contribution in [2.24, 2.45) is 0 Å². The van der Waals surface area contributed by atoms with E-state index in [0.29, 0.717) is 12.3 Å². The molecule has 0 heterocycles. The van der Waals surface area contributed by atoms with Crippen LogP contribution in [-0.2, 0) is 9.53 Å². The van der Waals surface area contributed by atoms with Gasteiger partial charge in [0.1, 0.15) is 12.4 Å². The van der Waals surface area contributed by atoms with E-state index in [-0.39, 0.29) is 18.2 Å². The van der Waals surface area contributed by atoms with Crippen molar-refractivity contribution in [1.29, 1.82) is 0 Å². The molecular weight excluding hydrogens is 199 g/mol. The zero-order valence-corrected chi connectivity index (χ0v) is 8.42. The lowest BCUT2D eigenvalue weighted by Gasteiger charge is -2.08. The molecule has 0 fully saturated rings. The average molecular weight is 212 g/mol. The minimum atomic E-state index is -0.408. The molecule has 1 aromatic carbocycles. The van der Waals surface area contributed by atoms with E-state index in [2.05, 4.69) is 5.32 Å². The minimum Gasteiger partial charge on any atom is -0.465 e. The first-order chi connectivity index (χ1) is 7.13. The minimum absolute atomic E-state index is 0.0175. The number of carbonyl (C=O) groups is 1. The molecule has 1 aromatic rings. The van der Waals surface area contributed by atoms with Gasteiger partial charge in [0.05, 0.1) is 18.0 Å². The molecule has 0 atom stereocenters. The second kappa shape index (κ2) is 5.19. The van der Waals surface area contributed by atoms with E-state index in [0.717, 1.165) is 0 Å². The summed E-state index contributed by atoms with van der Waals surface area (Å²) >= 11 is 0. The highest BCUT2D eigenvalue weighted by Crippen LogP contribution is 2.18. The number of anilines is 2. The van der Waals surface area contributed by atoms with Crippen LogP contribution in [0, 0.1) is 5.82 Å². The second-order valence-corrected chi connectivity index (χ2v) is 2.89. The molecule has 3 N–H and O–H groups in total. The molecule has 82 valence electrons. The van der Waals surface area contributed by atoms with Crippen molar-refractivity contribution in [1.82, 2.24) is 0 Å². The third kappa shape index (κ3) is 3.46. The van der Waals surface area contributed by atoms with Crippen molar-refractivity contribution in [3.63, 3.8) is 0 Å². The highest BCUT2D eigenvalue weighted by atomic mass is 19.1. The van der Waals surface area contributed by atoms with Gasteiger partial charge in [-0.25, -0.2) is 4.39 Å². The molecule has 0 saturated heterocycles. The van der Waals surface area contributed by atoms with Gasteiger partial charge in [-0.2, -0.15) is 0 Å². The van der Waals surface area contributed by atoms with Crippen molar-refractivity contribution in [2.45, 2.75) is 6.92 Å². The third-order valence-electron chi connectivity index (χ3n) is 1.74. The van der Waals surface area contributed by atoms with Gasteiger partial charge >= 0.3 is 5.97 Å². The first-order valence-corrected chi connectivity index (χ1v) is 4.58. The van der Waals surface area contributed by atoms with Crippen LogP contribution in [0.1, 0.15) is 6.92 Å². The lowest BCUT2D eigenvalue weighted by molar-refractivity contribution is -0.140. The van der Waals surface area contributed by atoms with Gasteiger partial charge in [-0.15, -0.1) is 0 Å². The Morgan fingerprint density at radius 3 is 2.93 bits per heavy atom. The van der Waals surface area contributed by atoms with Gasteiger partial charge in [-0.05, 0) is 25.1 Å². The molecule has 5 heteroatoms. The van der Waals surface area contributed by atoms with Gasteiger partial charge in [0, 0.05) is 0 Å². The summed E-state index contributed by atoms with van der Waals surface area (Å²) in [5, 5.41) is 2.76. The Morgan fingerprint density at radius 2 is 2.33 bits per heavy atom. The molecule has 4 nitrogen and oxygen atoms in total. The smallest absolute Gasteiger partial charge is 0.325 e. The molecule has 0 aliphatic heterocycles. The normalized spacial score (nSPS) is 9.73. The summed E-state index contributed by atoms with van der Waals surface area (Å²) in [7, 11) is 0. The summed E-state index contributed by atoms with van der Waals surface area (Å²) in [4.78, 5) is 11.0. The van der Waals surface area contributed by atoms with Crippen molar-refractivity contribution >= 4 is 17.3 Å². The van der Waals surface area contributed by atoms with Gasteiger partial charge in [-0.1, -0.05) is 0 Å². The van der Waals surface area contributed by atoms with Crippen LogP contribution >= 0.6 is 0 Å². The zero-order valence-electron chi connectivity index (χ0n) is 8.42. The lowest BCUT2D eigenvalue weighted by Crippen LogP contribution is -2.17. The molecule has 1 rings (SSSR count). The van der Waals surface area contributed by atoms with Gasteiger partial charge in [0.25, 0.3) is 0 Å². The van der Waals surface area contributed by atoms with Crippen LogP contribution in [0.3, 0.4) is 0 Å². The number of nitrogens with two attached hydrogens (primary N) is 1. The monoisotopic (exact) mass is 212 g/mol. The standard InChI is InChI=1S/C10H13FN2O2/c1-2-15-10(14)6-13-9-4-3-7(11)5-8(9)12/h3-5,13H,2,6,12H2,1H3. The number of esters is 1. The van der Waals surface area contributed by atoms with Crippen LogP contribution in [0.5, 0.6) is 0 Å². The van der Waals surface area contributed by atoms with Crippen molar-refractivity contribution < 1.29 is 13.9 Å². The topological polar surface area (TPSA) is 64.3 Å². The maximum Gasteiger partial charge on any atom is 0.325 e. The van der Waals surface area contributed by atoms with Crippen LogP contribution in [-0.4, -0.2) is 19.1 Å². The SMILES string of the molecule is CCOC(=O)CNc1ccc(F)cc1N. The number of rotatable bonds is 4. The maximum absolute atomic E-state index is 12.7. The van der Waals surface area contributed by atoms with E-state index in [9.17, 15) is 9.18 Å². The zero-order chi connectivity index (χ0) is 11.3. The number of carbonyl (C=O) groups excluding carboxylic acids is 1. The first kappa shape index (κ1) is 11.3. The van der Waals surface area contributed by atoms with Crippen molar-refractivity contribution in [3.8, 4) is 0 Å². The van der Waals surface area contributed by atoms with Crippen LogP contribution in [0.25, 0.3) is 0 Å². The van der Waals surface area contributed by atoms with E-state index in [1.807, 2.05) is 0 Å². The predicted octanol–water partition coefficient (Wildman–Crippen LogP) is 1.38. The Morgan fingerprint density at radius 1 is 1.60 bits per heavy atom. The summed E-state index contributed by atoms with van der Waals surface area (Å²) in [5.41, 5.74) is 6.31. The summed E-state index contributed by atoms with van der Waals surface area (Å²) in [6.45, 7) is 2.08. The number of hydrogen-bond acceptors (Lipinski definition) is 4. The van der Waals surface area contributed by atoms with Crippen LogP contribution in [0.2, 0.25) is 0 Å². The first-order valence-electron chi connectivity index (χ1n) is 4.58. The fraction of sp³-hybridized carbons (Fsp3) is 0.300. The largest absolute Gasteiger partial charge is 0.465 e. The van der Waals surface area contributed by atoms with Gasteiger partial charge in [-0.3, -0.25) is 4.79 Å². The van der Waals surface area contributed by atoms with Crippen molar-refractivity contribution in [3.05, 3.63) is 24.0 Å². The van der Waals surface area contributed by atoms with Crippen LogP contribution < -0.4 is 11.1 Å². The van der Waals surface area contributed by atoms with Gasteiger partial charge in [0.15, 0.2) is 0 Å². The number of benzene rings is 1. The number of halogens is 1. The Hall–Kier alpha value is -1.78. The third-order valence-corrected chi connectivity index (χ3v) is 1.74. The molecule has 0 radical (unpaired) electrons.